The molecule has 2 aromatic carbocycles. The van der Waals surface area contributed by atoms with Crippen LogP contribution < -0.4 is 10.1 Å². The van der Waals surface area contributed by atoms with Gasteiger partial charge in [-0.15, -0.1) is 0 Å². The van der Waals surface area contributed by atoms with Crippen molar-refractivity contribution in [1.82, 2.24) is 10.2 Å². The highest BCUT2D eigenvalue weighted by atomic mass is 16.5. The van der Waals surface area contributed by atoms with E-state index < -0.39 is 0 Å². The van der Waals surface area contributed by atoms with Crippen LogP contribution in [0.1, 0.15) is 24.0 Å². The fourth-order valence-electron chi connectivity index (χ4n) is 3.33. The zero-order valence-electron chi connectivity index (χ0n) is 14.6. The maximum atomic E-state index is 5.86. The summed E-state index contributed by atoms with van der Waals surface area (Å²) in [6, 6.07) is 18.9. The van der Waals surface area contributed by atoms with E-state index in [2.05, 4.69) is 46.6 Å². The zero-order chi connectivity index (χ0) is 16.6. The summed E-state index contributed by atoms with van der Waals surface area (Å²) in [5, 5.41) is 3.30. The number of hydrogen-bond donors (Lipinski definition) is 1. The molecular weight excluding hydrogens is 296 g/mol. The highest BCUT2D eigenvalue weighted by molar-refractivity contribution is 5.27. The van der Waals surface area contributed by atoms with E-state index in [-0.39, 0.29) is 0 Å². The lowest BCUT2D eigenvalue weighted by Gasteiger charge is -2.31. The molecular formula is C21H28N2O. The third-order valence-corrected chi connectivity index (χ3v) is 4.78. The summed E-state index contributed by atoms with van der Waals surface area (Å²) < 4.78 is 5.86. The van der Waals surface area contributed by atoms with E-state index in [1.54, 1.807) is 0 Å². The molecule has 0 spiro atoms. The molecule has 3 rings (SSSR count). The molecule has 0 atom stereocenters. The van der Waals surface area contributed by atoms with Crippen molar-refractivity contribution in [3.05, 3.63) is 65.7 Å². The van der Waals surface area contributed by atoms with Gasteiger partial charge in [0.25, 0.3) is 0 Å². The summed E-state index contributed by atoms with van der Waals surface area (Å²) in [6.45, 7) is 5.24. The fraction of sp³-hybridized carbons (Fsp3) is 0.429. The van der Waals surface area contributed by atoms with Crippen LogP contribution in [0, 0.1) is 5.92 Å². The van der Waals surface area contributed by atoms with Crippen LogP contribution in [0.5, 0.6) is 5.75 Å². The Kier molecular flexibility index (Phi) is 6.27. The zero-order valence-corrected chi connectivity index (χ0v) is 14.6. The minimum Gasteiger partial charge on any atom is -0.489 e. The lowest BCUT2D eigenvalue weighted by atomic mass is 9.96. The molecule has 0 unspecified atom stereocenters. The molecule has 0 aliphatic carbocycles. The third kappa shape index (κ3) is 5.08. The van der Waals surface area contributed by atoms with Crippen molar-refractivity contribution in [1.29, 1.82) is 0 Å². The van der Waals surface area contributed by atoms with Crippen molar-refractivity contribution < 1.29 is 4.74 Å². The van der Waals surface area contributed by atoms with Gasteiger partial charge in [-0.25, -0.2) is 0 Å². The smallest absolute Gasteiger partial charge is 0.119 e. The number of likely N-dealkylation sites (tertiary alicyclic amines) is 1. The number of benzene rings is 2. The predicted molar refractivity (Wildman–Crippen MR) is 99.1 cm³/mol. The Labute approximate surface area is 145 Å². The third-order valence-electron chi connectivity index (χ3n) is 4.78. The van der Waals surface area contributed by atoms with Gasteiger partial charge in [0.2, 0.25) is 0 Å². The summed E-state index contributed by atoms with van der Waals surface area (Å²) in [6.07, 6.45) is 2.61. The summed E-state index contributed by atoms with van der Waals surface area (Å²) in [7, 11) is 2.05. The average molecular weight is 324 g/mol. The molecule has 1 fully saturated rings. The minimum atomic E-state index is 0.624. The Morgan fingerprint density at radius 2 is 1.67 bits per heavy atom. The highest BCUT2D eigenvalue weighted by Gasteiger charge is 2.18. The summed E-state index contributed by atoms with van der Waals surface area (Å²) in [5.41, 5.74) is 2.57. The first-order valence-corrected chi connectivity index (χ1v) is 8.96. The topological polar surface area (TPSA) is 24.5 Å². The lowest BCUT2D eigenvalue weighted by Crippen LogP contribution is -2.36. The SMILES string of the molecule is CNCC1CCN(Cc2ccc(OCc3ccccc3)cc2)CC1. The van der Waals surface area contributed by atoms with E-state index in [1.165, 1.54) is 37.1 Å². The van der Waals surface area contributed by atoms with Gasteiger partial charge in [0.05, 0.1) is 0 Å². The maximum Gasteiger partial charge on any atom is 0.119 e. The number of piperidine rings is 1. The fourth-order valence-corrected chi connectivity index (χ4v) is 3.33. The van der Waals surface area contributed by atoms with Crippen molar-refractivity contribution >= 4 is 0 Å². The van der Waals surface area contributed by atoms with Gasteiger partial charge in [-0.1, -0.05) is 42.5 Å². The van der Waals surface area contributed by atoms with E-state index in [0.717, 1.165) is 24.8 Å². The van der Waals surface area contributed by atoms with Crippen LogP contribution in [0.4, 0.5) is 0 Å². The van der Waals surface area contributed by atoms with Gasteiger partial charge in [-0.2, -0.15) is 0 Å². The molecule has 1 saturated heterocycles. The van der Waals surface area contributed by atoms with Gasteiger partial charge in [-0.3, -0.25) is 4.90 Å². The van der Waals surface area contributed by atoms with Crippen LogP contribution in [0.15, 0.2) is 54.6 Å². The second kappa shape index (κ2) is 8.86. The maximum absolute atomic E-state index is 5.86. The standard InChI is InChI=1S/C21H28N2O/c1-22-15-18-11-13-23(14-12-18)16-19-7-9-21(10-8-19)24-17-20-5-3-2-4-6-20/h2-10,18,22H,11-17H2,1H3. The van der Waals surface area contributed by atoms with Gasteiger partial charge in [0.1, 0.15) is 12.4 Å². The average Bonchev–Trinajstić information content (AvgIpc) is 2.64. The molecule has 0 aromatic heterocycles. The molecule has 0 amide bonds. The summed E-state index contributed by atoms with van der Waals surface area (Å²) in [4.78, 5) is 2.56. The second-order valence-corrected chi connectivity index (χ2v) is 6.70. The largest absolute Gasteiger partial charge is 0.489 e. The number of nitrogens with one attached hydrogen (secondary N) is 1. The van der Waals surface area contributed by atoms with E-state index in [9.17, 15) is 0 Å². The van der Waals surface area contributed by atoms with E-state index >= 15 is 0 Å². The van der Waals surface area contributed by atoms with Crippen molar-refractivity contribution in [2.24, 2.45) is 5.92 Å². The Hall–Kier alpha value is -1.84. The van der Waals surface area contributed by atoms with Crippen molar-refractivity contribution in [2.75, 3.05) is 26.7 Å². The van der Waals surface area contributed by atoms with Crippen LogP contribution in [0.25, 0.3) is 0 Å². The van der Waals surface area contributed by atoms with Gasteiger partial charge >= 0.3 is 0 Å². The van der Waals surface area contributed by atoms with E-state index in [1.807, 2.05) is 25.2 Å². The van der Waals surface area contributed by atoms with Gasteiger partial charge in [0, 0.05) is 6.54 Å². The molecule has 128 valence electrons. The summed E-state index contributed by atoms with van der Waals surface area (Å²) in [5.74, 6) is 1.79. The summed E-state index contributed by atoms with van der Waals surface area (Å²) >= 11 is 0. The first-order valence-electron chi connectivity index (χ1n) is 8.96. The van der Waals surface area contributed by atoms with Crippen LogP contribution in [-0.2, 0) is 13.2 Å². The van der Waals surface area contributed by atoms with E-state index in [4.69, 9.17) is 4.74 Å². The normalized spacial score (nSPS) is 16.2. The monoisotopic (exact) mass is 324 g/mol. The molecule has 24 heavy (non-hydrogen) atoms. The number of rotatable bonds is 7. The van der Waals surface area contributed by atoms with Crippen molar-refractivity contribution in [3.63, 3.8) is 0 Å². The highest BCUT2D eigenvalue weighted by Crippen LogP contribution is 2.20. The molecule has 1 heterocycles. The Morgan fingerprint density at radius 3 is 2.33 bits per heavy atom. The molecule has 3 nitrogen and oxygen atoms in total. The molecule has 2 aromatic rings. The molecule has 0 bridgehead atoms. The predicted octanol–water partition coefficient (Wildman–Crippen LogP) is 3.70. The van der Waals surface area contributed by atoms with Gasteiger partial charge in [-0.05, 0) is 68.7 Å². The molecule has 1 N–H and O–H groups in total. The van der Waals surface area contributed by atoms with Gasteiger partial charge in [0.15, 0.2) is 0 Å². The number of ether oxygens (including phenoxy) is 1. The van der Waals surface area contributed by atoms with Crippen molar-refractivity contribution in [2.45, 2.75) is 26.0 Å². The molecule has 0 radical (unpaired) electrons. The Bertz CT molecular complexity index is 589. The van der Waals surface area contributed by atoms with Crippen LogP contribution in [0.2, 0.25) is 0 Å². The van der Waals surface area contributed by atoms with Crippen LogP contribution in [0.3, 0.4) is 0 Å². The van der Waals surface area contributed by atoms with Crippen LogP contribution in [-0.4, -0.2) is 31.6 Å². The van der Waals surface area contributed by atoms with Crippen LogP contribution >= 0.6 is 0 Å². The molecule has 3 heteroatoms. The first-order chi connectivity index (χ1) is 11.8. The Balaban J connectivity index is 1.45. The number of hydrogen-bond acceptors (Lipinski definition) is 3. The lowest BCUT2D eigenvalue weighted by molar-refractivity contribution is 0.176. The molecule has 1 aliphatic heterocycles. The number of nitrogens with zero attached hydrogens (tertiary/aromatic N) is 1. The van der Waals surface area contributed by atoms with E-state index in [0.29, 0.717) is 6.61 Å². The second-order valence-electron chi connectivity index (χ2n) is 6.70. The van der Waals surface area contributed by atoms with Crippen molar-refractivity contribution in [3.8, 4) is 5.75 Å². The molecule has 0 saturated carbocycles. The Morgan fingerprint density at radius 1 is 0.958 bits per heavy atom. The minimum absolute atomic E-state index is 0.624. The first kappa shape index (κ1) is 17.0. The molecule has 1 aliphatic rings. The quantitative estimate of drug-likeness (QED) is 0.840. The van der Waals surface area contributed by atoms with Gasteiger partial charge < -0.3 is 10.1 Å².